The van der Waals surface area contributed by atoms with Crippen molar-refractivity contribution in [2.75, 3.05) is 0 Å². The highest BCUT2D eigenvalue weighted by molar-refractivity contribution is 5.86. The zero-order valence-electron chi connectivity index (χ0n) is 17.8. The first-order chi connectivity index (χ1) is 16.1. The Bertz CT molecular complexity index is 1540. The summed E-state index contributed by atoms with van der Waals surface area (Å²) < 4.78 is 17.1. The van der Waals surface area contributed by atoms with Crippen LogP contribution in [0.25, 0.3) is 27.5 Å². The number of fused-ring (bicyclic) bond motifs is 2. The summed E-state index contributed by atoms with van der Waals surface area (Å²) in [6.07, 6.45) is 5.54. The quantitative estimate of drug-likeness (QED) is 0.407. The van der Waals surface area contributed by atoms with E-state index >= 15 is 0 Å². The Morgan fingerprint density at radius 2 is 1.85 bits per heavy atom. The maximum absolute atomic E-state index is 13.3. The molecule has 1 saturated carbocycles. The van der Waals surface area contributed by atoms with Crippen LogP contribution in [-0.4, -0.2) is 19.5 Å². The second-order valence-corrected chi connectivity index (χ2v) is 8.80. The lowest BCUT2D eigenvalue weighted by Gasteiger charge is -2.30. The van der Waals surface area contributed by atoms with E-state index in [-0.39, 0.29) is 11.7 Å². The lowest BCUT2D eigenvalue weighted by atomic mass is 9.88. The molecular formula is C27H21FN4O. The van der Waals surface area contributed by atoms with E-state index in [0.29, 0.717) is 12.1 Å². The third-order valence-corrected chi connectivity index (χ3v) is 6.71. The number of nitriles is 1. The van der Waals surface area contributed by atoms with Crippen LogP contribution in [0.4, 0.5) is 4.39 Å². The van der Waals surface area contributed by atoms with Crippen LogP contribution in [0.15, 0.2) is 79.1 Å². The molecule has 162 valence electrons. The number of halogens is 1. The summed E-state index contributed by atoms with van der Waals surface area (Å²) in [4.78, 5) is 0. The predicted molar refractivity (Wildman–Crippen MR) is 124 cm³/mol. The minimum Gasteiger partial charge on any atom is -0.383 e. The van der Waals surface area contributed by atoms with Gasteiger partial charge in [0.05, 0.1) is 29.5 Å². The number of aliphatic hydroxyl groups is 1. The number of rotatable bonds is 5. The molecule has 5 aromatic rings. The Morgan fingerprint density at radius 3 is 2.61 bits per heavy atom. The fourth-order valence-electron chi connectivity index (χ4n) is 4.83. The highest BCUT2D eigenvalue weighted by Gasteiger charge is 2.45. The number of aromatic nitrogens is 3. The molecule has 1 fully saturated rings. The lowest BCUT2D eigenvalue weighted by molar-refractivity contribution is -0.00330. The van der Waals surface area contributed by atoms with Crippen molar-refractivity contribution in [2.45, 2.75) is 25.0 Å². The van der Waals surface area contributed by atoms with E-state index in [1.165, 1.54) is 12.1 Å². The Morgan fingerprint density at radius 1 is 1.06 bits per heavy atom. The van der Waals surface area contributed by atoms with Gasteiger partial charge in [-0.1, -0.05) is 24.3 Å². The second-order valence-electron chi connectivity index (χ2n) is 8.80. The van der Waals surface area contributed by atoms with Crippen molar-refractivity contribution in [3.8, 4) is 11.8 Å². The molecule has 0 bridgehead atoms. The fraction of sp³-hybridized carbons (Fsp3) is 0.185. The molecule has 1 N–H and O–H groups in total. The summed E-state index contributed by atoms with van der Waals surface area (Å²) in [6, 6.07) is 22.2. The molecule has 5 nitrogen and oxygen atoms in total. The average molecular weight is 436 g/mol. The SMILES string of the molecule is N#Cc1cn(CC(O)(c2ccc3c(cnn3-c3ccc(F)cc3)c2)C2CC2)c2ccccc12. The summed E-state index contributed by atoms with van der Waals surface area (Å²) in [7, 11) is 0. The molecule has 2 heterocycles. The number of hydrogen-bond acceptors (Lipinski definition) is 3. The van der Waals surface area contributed by atoms with Crippen molar-refractivity contribution < 1.29 is 9.50 Å². The minimum absolute atomic E-state index is 0.161. The van der Waals surface area contributed by atoms with Gasteiger partial charge in [-0.2, -0.15) is 10.4 Å². The van der Waals surface area contributed by atoms with Gasteiger partial charge in [-0.25, -0.2) is 9.07 Å². The molecule has 0 saturated heterocycles. The van der Waals surface area contributed by atoms with E-state index in [9.17, 15) is 14.8 Å². The molecule has 33 heavy (non-hydrogen) atoms. The third kappa shape index (κ3) is 3.21. The van der Waals surface area contributed by atoms with Gasteiger partial charge in [0.25, 0.3) is 0 Å². The van der Waals surface area contributed by atoms with Gasteiger partial charge in [-0.05, 0) is 66.8 Å². The smallest absolute Gasteiger partial charge is 0.123 e. The van der Waals surface area contributed by atoms with Crippen LogP contribution in [0.1, 0.15) is 24.0 Å². The second kappa shape index (κ2) is 7.29. The molecule has 6 heteroatoms. The molecule has 2 aromatic heterocycles. The van der Waals surface area contributed by atoms with Crippen molar-refractivity contribution in [3.63, 3.8) is 0 Å². The topological polar surface area (TPSA) is 66.8 Å². The van der Waals surface area contributed by atoms with E-state index in [2.05, 4.69) is 11.2 Å². The Labute approximate surface area is 189 Å². The van der Waals surface area contributed by atoms with Gasteiger partial charge in [0, 0.05) is 22.5 Å². The molecule has 1 aliphatic rings. The summed E-state index contributed by atoms with van der Waals surface area (Å²) in [5.41, 5.74) is 3.01. The van der Waals surface area contributed by atoms with Crippen LogP contribution in [0.3, 0.4) is 0 Å². The molecule has 1 aliphatic carbocycles. The van der Waals surface area contributed by atoms with Crippen molar-refractivity contribution in [3.05, 3.63) is 96.1 Å². The molecule has 1 unspecified atom stereocenters. The summed E-state index contributed by atoms with van der Waals surface area (Å²) in [5, 5.41) is 27.8. The Balaban J connectivity index is 1.42. The van der Waals surface area contributed by atoms with Crippen molar-refractivity contribution >= 4 is 21.8 Å². The van der Waals surface area contributed by atoms with Crippen LogP contribution in [0.5, 0.6) is 0 Å². The van der Waals surface area contributed by atoms with Gasteiger partial charge in [0.15, 0.2) is 0 Å². The molecule has 3 aromatic carbocycles. The monoisotopic (exact) mass is 436 g/mol. The van der Waals surface area contributed by atoms with Gasteiger partial charge in [-0.15, -0.1) is 0 Å². The van der Waals surface area contributed by atoms with Crippen LogP contribution in [0.2, 0.25) is 0 Å². The van der Waals surface area contributed by atoms with E-state index < -0.39 is 5.60 Å². The van der Waals surface area contributed by atoms with E-state index in [1.54, 1.807) is 23.0 Å². The first-order valence-corrected chi connectivity index (χ1v) is 11.0. The summed E-state index contributed by atoms with van der Waals surface area (Å²) in [6.45, 7) is 0.372. The predicted octanol–water partition coefficient (Wildman–Crippen LogP) is 5.29. The van der Waals surface area contributed by atoms with Crippen LogP contribution in [-0.2, 0) is 12.1 Å². The van der Waals surface area contributed by atoms with E-state index in [0.717, 1.165) is 45.9 Å². The summed E-state index contributed by atoms with van der Waals surface area (Å²) >= 11 is 0. The van der Waals surface area contributed by atoms with E-state index in [1.807, 2.05) is 53.2 Å². The van der Waals surface area contributed by atoms with Crippen LogP contribution < -0.4 is 0 Å². The van der Waals surface area contributed by atoms with Gasteiger partial charge in [0.1, 0.15) is 17.5 Å². The van der Waals surface area contributed by atoms with Gasteiger partial charge < -0.3 is 9.67 Å². The van der Waals surface area contributed by atoms with Crippen LogP contribution >= 0.6 is 0 Å². The maximum Gasteiger partial charge on any atom is 0.123 e. The minimum atomic E-state index is -1.05. The molecule has 6 rings (SSSR count). The zero-order chi connectivity index (χ0) is 22.6. The molecule has 0 aliphatic heterocycles. The highest BCUT2D eigenvalue weighted by Crippen LogP contribution is 2.47. The molecular weight excluding hydrogens is 415 g/mol. The van der Waals surface area contributed by atoms with Gasteiger partial charge >= 0.3 is 0 Å². The largest absolute Gasteiger partial charge is 0.383 e. The highest BCUT2D eigenvalue weighted by atomic mass is 19.1. The summed E-state index contributed by atoms with van der Waals surface area (Å²) in [5.74, 6) is -0.127. The zero-order valence-corrected chi connectivity index (χ0v) is 17.8. The average Bonchev–Trinajstić information content (AvgIpc) is 3.54. The van der Waals surface area contributed by atoms with Crippen molar-refractivity contribution in [1.82, 2.24) is 14.3 Å². The Hall–Kier alpha value is -3.95. The number of hydrogen-bond donors (Lipinski definition) is 1. The van der Waals surface area contributed by atoms with Crippen LogP contribution in [0, 0.1) is 23.1 Å². The standard InChI is InChI=1S/C27H21FN4O/c28-22-8-10-23(11-9-22)32-25-12-7-21(13-18(25)15-30-32)27(33,20-5-6-20)17-31-16-19(14-29)24-3-1-2-4-26(24)31/h1-4,7-13,15-16,20,33H,5-6,17H2. The van der Waals surface area contributed by atoms with E-state index in [4.69, 9.17) is 0 Å². The fourth-order valence-corrected chi connectivity index (χ4v) is 4.83. The number of para-hydroxylation sites is 1. The normalized spacial score (nSPS) is 15.5. The maximum atomic E-state index is 13.3. The molecule has 0 radical (unpaired) electrons. The first-order valence-electron chi connectivity index (χ1n) is 11.0. The van der Waals surface area contributed by atoms with Crippen molar-refractivity contribution in [2.24, 2.45) is 5.92 Å². The first kappa shape index (κ1) is 19.7. The number of nitrogens with zero attached hydrogens (tertiary/aromatic N) is 4. The molecule has 1 atom stereocenters. The lowest BCUT2D eigenvalue weighted by Crippen LogP contribution is -2.33. The van der Waals surface area contributed by atoms with Gasteiger partial charge in [0.2, 0.25) is 0 Å². The third-order valence-electron chi connectivity index (χ3n) is 6.71. The number of benzene rings is 3. The molecule has 0 spiro atoms. The Kier molecular flexibility index (Phi) is 4.36. The van der Waals surface area contributed by atoms with Crippen molar-refractivity contribution in [1.29, 1.82) is 5.26 Å². The van der Waals surface area contributed by atoms with Gasteiger partial charge in [-0.3, -0.25) is 0 Å². The molecule has 0 amide bonds.